The lowest BCUT2D eigenvalue weighted by molar-refractivity contribution is -0.216. The molecular formula is C10H22O2. The molecule has 0 rings (SSSR count). The van der Waals surface area contributed by atoms with Crippen molar-refractivity contribution in [2.75, 3.05) is 0 Å². The second kappa shape index (κ2) is 3.75. The van der Waals surface area contributed by atoms with Crippen molar-refractivity contribution in [1.82, 2.24) is 0 Å². The molecule has 2 nitrogen and oxygen atoms in total. The van der Waals surface area contributed by atoms with Gasteiger partial charge in [-0.15, -0.1) is 0 Å². The van der Waals surface area contributed by atoms with Gasteiger partial charge in [-0.2, -0.15) is 0 Å². The van der Waals surface area contributed by atoms with Crippen molar-refractivity contribution >= 4 is 0 Å². The molecule has 0 unspecified atom stereocenters. The van der Waals surface area contributed by atoms with Crippen LogP contribution in [0.2, 0.25) is 0 Å². The summed E-state index contributed by atoms with van der Waals surface area (Å²) in [7, 11) is 0. The third kappa shape index (κ3) is 4.07. The summed E-state index contributed by atoms with van der Waals surface area (Å²) >= 11 is 0. The molecule has 1 N–H and O–H groups in total. The fraction of sp³-hybridized carbons (Fsp3) is 1.00. The Kier molecular flexibility index (Phi) is 3.73. The van der Waals surface area contributed by atoms with Crippen molar-refractivity contribution in [2.24, 2.45) is 5.41 Å². The Labute approximate surface area is 75.9 Å². The minimum Gasteiger partial charge on any atom is -0.367 e. The number of ether oxygens (including phenoxy) is 1. The molecule has 0 saturated carbocycles. The van der Waals surface area contributed by atoms with Gasteiger partial charge in [-0.25, -0.2) is 0 Å². The standard InChI is InChI=1S/C10H22O2/c1-7-10(5,6)8(11)12-9(2,3)4/h8,11H,7H2,1-6H3/t8-/m1/s1. The first kappa shape index (κ1) is 11.9. The molecule has 0 aliphatic heterocycles. The minimum atomic E-state index is -0.678. The number of rotatable bonds is 3. The summed E-state index contributed by atoms with van der Waals surface area (Å²) in [6.45, 7) is 11.9. The zero-order valence-electron chi connectivity index (χ0n) is 9.14. The van der Waals surface area contributed by atoms with Crippen LogP contribution >= 0.6 is 0 Å². The topological polar surface area (TPSA) is 29.5 Å². The van der Waals surface area contributed by atoms with Gasteiger partial charge in [0.15, 0.2) is 6.29 Å². The predicted molar refractivity (Wildman–Crippen MR) is 50.9 cm³/mol. The minimum absolute atomic E-state index is 0.159. The Balaban J connectivity index is 4.13. The van der Waals surface area contributed by atoms with Crippen molar-refractivity contribution < 1.29 is 9.84 Å². The maximum Gasteiger partial charge on any atom is 0.160 e. The van der Waals surface area contributed by atoms with Crippen molar-refractivity contribution in [3.8, 4) is 0 Å². The van der Waals surface area contributed by atoms with E-state index in [9.17, 15) is 5.11 Å². The van der Waals surface area contributed by atoms with Crippen LogP contribution in [0, 0.1) is 5.41 Å². The fourth-order valence-corrected chi connectivity index (χ4v) is 0.669. The highest BCUT2D eigenvalue weighted by atomic mass is 16.6. The van der Waals surface area contributed by atoms with E-state index in [-0.39, 0.29) is 11.0 Å². The second-order valence-corrected chi connectivity index (χ2v) is 4.92. The first-order chi connectivity index (χ1) is 5.19. The average molecular weight is 174 g/mol. The maximum atomic E-state index is 9.69. The van der Waals surface area contributed by atoms with E-state index < -0.39 is 6.29 Å². The first-order valence-electron chi connectivity index (χ1n) is 4.55. The molecule has 1 atom stereocenters. The summed E-state index contributed by atoms with van der Waals surface area (Å²) in [5, 5.41) is 9.69. The van der Waals surface area contributed by atoms with Gasteiger partial charge in [-0.3, -0.25) is 0 Å². The Morgan fingerprint density at radius 1 is 1.17 bits per heavy atom. The van der Waals surface area contributed by atoms with Crippen molar-refractivity contribution in [3.63, 3.8) is 0 Å². The van der Waals surface area contributed by atoms with Crippen LogP contribution in [0.1, 0.15) is 48.0 Å². The molecule has 0 radical (unpaired) electrons. The third-order valence-electron chi connectivity index (χ3n) is 2.04. The normalized spacial score (nSPS) is 16.2. The van der Waals surface area contributed by atoms with E-state index in [2.05, 4.69) is 6.92 Å². The second-order valence-electron chi connectivity index (χ2n) is 4.92. The largest absolute Gasteiger partial charge is 0.367 e. The van der Waals surface area contributed by atoms with Gasteiger partial charge in [-0.1, -0.05) is 20.8 Å². The summed E-state index contributed by atoms with van der Waals surface area (Å²) in [6.07, 6.45) is 0.229. The molecule has 74 valence electrons. The molecule has 0 heterocycles. The monoisotopic (exact) mass is 174 g/mol. The summed E-state index contributed by atoms with van der Waals surface area (Å²) < 4.78 is 5.45. The fourth-order valence-electron chi connectivity index (χ4n) is 0.669. The van der Waals surface area contributed by atoms with Crippen LogP contribution in [0.25, 0.3) is 0 Å². The average Bonchev–Trinajstić information content (AvgIpc) is 1.84. The Bertz CT molecular complexity index is 133. The molecular weight excluding hydrogens is 152 g/mol. The zero-order valence-corrected chi connectivity index (χ0v) is 9.14. The molecule has 0 aromatic heterocycles. The molecule has 0 aromatic carbocycles. The summed E-state index contributed by atoms with van der Waals surface area (Å²) in [5.74, 6) is 0. The van der Waals surface area contributed by atoms with Crippen LogP contribution in [-0.4, -0.2) is 17.0 Å². The van der Waals surface area contributed by atoms with Gasteiger partial charge < -0.3 is 9.84 Å². The quantitative estimate of drug-likeness (QED) is 0.666. The number of aliphatic hydroxyl groups excluding tert-OH is 1. The lowest BCUT2D eigenvalue weighted by atomic mass is 9.89. The van der Waals surface area contributed by atoms with Crippen molar-refractivity contribution in [2.45, 2.75) is 59.9 Å². The predicted octanol–water partition coefficient (Wildman–Crippen LogP) is 2.56. The summed E-state index contributed by atoms with van der Waals surface area (Å²) in [4.78, 5) is 0. The van der Waals surface area contributed by atoms with Crippen LogP contribution in [0.15, 0.2) is 0 Å². The maximum absolute atomic E-state index is 9.69. The Morgan fingerprint density at radius 2 is 1.58 bits per heavy atom. The van der Waals surface area contributed by atoms with Crippen LogP contribution in [0.3, 0.4) is 0 Å². The van der Waals surface area contributed by atoms with E-state index in [1.54, 1.807) is 0 Å². The van der Waals surface area contributed by atoms with Gasteiger partial charge >= 0.3 is 0 Å². The molecule has 0 saturated heterocycles. The molecule has 0 amide bonds. The van der Waals surface area contributed by atoms with E-state index in [1.807, 2.05) is 34.6 Å². The third-order valence-corrected chi connectivity index (χ3v) is 2.04. The molecule has 0 fully saturated rings. The molecule has 2 heteroatoms. The van der Waals surface area contributed by atoms with Gasteiger partial charge in [-0.05, 0) is 27.2 Å². The van der Waals surface area contributed by atoms with Gasteiger partial charge in [0.2, 0.25) is 0 Å². The summed E-state index contributed by atoms with van der Waals surface area (Å²) in [6, 6.07) is 0. The van der Waals surface area contributed by atoms with Gasteiger partial charge in [0.05, 0.1) is 5.60 Å². The van der Waals surface area contributed by atoms with E-state index in [0.29, 0.717) is 0 Å². The highest BCUT2D eigenvalue weighted by molar-refractivity contribution is 4.72. The number of aliphatic hydroxyl groups is 1. The van der Waals surface area contributed by atoms with Crippen LogP contribution in [0.4, 0.5) is 0 Å². The van der Waals surface area contributed by atoms with Crippen LogP contribution in [-0.2, 0) is 4.74 Å². The Morgan fingerprint density at radius 3 is 1.83 bits per heavy atom. The lowest BCUT2D eigenvalue weighted by Crippen LogP contribution is -2.37. The van der Waals surface area contributed by atoms with Gasteiger partial charge in [0.1, 0.15) is 0 Å². The highest BCUT2D eigenvalue weighted by Crippen LogP contribution is 2.28. The summed E-state index contributed by atoms with van der Waals surface area (Å²) in [5.41, 5.74) is -0.431. The van der Waals surface area contributed by atoms with Crippen molar-refractivity contribution in [1.29, 1.82) is 0 Å². The van der Waals surface area contributed by atoms with Crippen LogP contribution < -0.4 is 0 Å². The first-order valence-corrected chi connectivity index (χ1v) is 4.55. The van der Waals surface area contributed by atoms with Gasteiger partial charge in [0, 0.05) is 5.41 Å². The SMILES string of the molecule is CCC(C)(C)[C@H](O)OC(C)(C)C. The molecule has 12 heavy (non-hydrogen) atoms. The lowest BCUT2D eigenvalue weighted by Gasteiger charge is -2.34. The zero-order chi connectivity index (χ0) is 9.99. The van der Waals surface area contributed by atoms with E-state index >= 15 is 0 Å². The Hall–Kier alpha value is -0.0800. The molecule has 0 aliphatic carbocycles. The van der Waals surface area contributed by atoms with Crippen LogP contribution in [0.5, 0.6) is 0 Å². The molecule has 0 spiro atoms. The van der Waals surface area contributed by atoms with Gasteiger partial charge in [0.25, 0.3) is 0 Å². The smallest absolute Gasteiger partial charge is 0.160 e. The van der Waals surface area contributed by atoms with E-state index in [1.165, 1.54) is 0 Å². The molecule has 0 aliphatic rings. The molecule has 0 bridgehead atoms. The van der Waals surface area contributed by atoms with E-state index in [4.69, 9.17) is 4.74 Å². The van der Waals surface area contributed by atoms with Crippen molar-refractivity contribution in [3.05, 3.63) is 0 Å². The molecule has 0 aromatic rings. The number of hydrogen-bond donors (Lipinski definition) is 1. The highest BCUT2D eigenvalue weighted by Gasteiger charge is 2.30. The van der Waals surface area contributed by atoms with E-state index in [0.717, 1.165) is 6.42 Å². The number of hydrogen-bond acceptors (Lipinski definition) is 2.